The van der Waals surface area contributed by atoms with E-state index in [0.29, 0.717) is 0 Å². The molecule has 0 nitrogen and oxygen atoms in total. The molecule has 2 radical (unpaired) electrons. The molecule has 0 spiro atoms. The van der Waals surface area contributed by atoms with E-state index >= 15 is 0 Å². The Morgan fingerprint density at radius 2 is 2.00 bits per heavy atom. The van der Waals surface area contributed by atoms with Gasteiger partial charge in [-0.1, -0.05) is 19.1 Å². The Balaban J connectivity index is 0. The average Bonchev–Trinajstić information content (AvgIpc) is 1.69. The molecule has 2 heteroatoms. The second-order valence-electron chi connectivity index (χ2n) is 1.36. The van der Waals surface area contributed by atoms with Gasteiger partial charge in [0.1, 0.15) is 0 Å². The highest BCUT2D eigenvalue weighted by Crippen LogP contribution is 1.87. The summed E-state index contributed by atoms with van der Waals surface area (Å²) < 4.78 is 0. The standard InChI is InChI=1S/C6H11Cl.Mg/c1-2-3-4-5-6-7;/h3-4H,2,5-6H2,1H3;. The van der Waals surface area contributed by atoms with Gasteiger partial charge >= 0.3 is 0 Å². The van der Waals surface area contributed by atoms with E-state index in [1.54, 1.807) is 0 Å². The van der Waals surface area contributed by atoms with Crippen LogP contribution in [0.25, 0.3) is 0 Å². The summed E-state index contributed by atoms with van der Waals surface area (Å²) in [7, 11) is 0. The van der Waals surface area contributed by atoms with E-state index in [9.17, 15) is 0 Å². The van der Waals surface area contributed by atoms with Gasteiger partial charge in [-0.2, -0.15) is 0 Å². The smallest absolute Gasteiger partial charge is 0.0257 e. The molecule has 0 N–H and O–H groups in total. The number of halogens is 1. The molecule has 0 bridgehead atoms. The van der Waals surface area contributed by atoms with E-state index in [1.165, 1.54) is 0 Å². The molecule has 8 heavy (non-hydrogen) atoms. The first-order valence-corrected chi connectivity index (χ1v) is 3.16. The molecule has 0 atom stereocenters. The van der Waals surface area contributed by atoms with Gasteiger partial charge in [-0.15, -0.1) is 11.6 Å². The first-order chi connectivity index (χ1) is 3.41. The van der Waals surface area contributed by atoms with Crippen molar-refractivity contribution in [3.63, 3.8) is 0 Å². The minimum atomic E-state index is 0. The van der Waals surface area contributed by atoms with Crippen molar-refractivity contribution in [2.45, 2.75) is 19.8 Å². The van der Waals surface area contributed by atoms with Crippen molar-refractivity contribution in [3.8, 4) is 0 Å². The lowest BCUT2D eigenvalue weighted by atomic mass is 10.4. The van der Waals surface area contributed by atoms with Gasteiger partial charge in [0, 0.05) is 28.9 Å². The minimum absolute atomic E-state index is 0. The molecule has 0 aliphatic carbocycles. The maximum absolute atomic E-state index is 5.39. The number of allylic oxidation sites excluding steroid dienone is 2. The van der Waals surface area contributed by atoms with E-state index in [0.717, 1.165) is 18.7 Å². The SMILES string of the molecule is CCC=CCCCl.[Mg]. The summed E-state index contributed by atoms with van der Waals surface area (Å²) in [5.74, 6) is 0.747. The summed E-state index contributed by atoms with van der Waals surface area (Å²) in [6, 6.07) is 0. The van der Waals surface area contributed by atoms with Crippen molar-refractivity contribution in [1.29, 1.82) is 0 Å². The Bertz CT molecular complexity index is 52.5. The maximum atomic E-state index is 5.39. The normalized spacial score (nSPS) is 9.25. The Morgan fingerprint density at radius 3 is 2.38 bits per heavy atom. The van der Waals surface area contributed by atoms with Crippen molar-refractivity contribution in [2.75, 3.05) is 5.88 Å². The fraction of sp³-hybridized carbons (Fsp3) is 0.667. The topological polar surface area (TPSA) is 0 Å². The van der Waals surface area contributed by atoms with Crippen LogP contribution in [0.1, 0.15) is 19.8 Å². The second-order valence-corrected chi connectivity index (χ2v) is 1.74. The highest BCUT2D eigenvalue weighted by Gasteiger charge is 1.69. The summed E-state index contributed by atoms with van der Waals surface area (Å²) in [5, 5.41) is 0. The molecule has 0 aromatic heterocycles. The molecule has 0 saturated heterocycles. The Hall–Kier alpha value is 0.796. The van der Waals surface area contributed by atoms with Crippen LogP contribution in [0.4, 0.5) is 0 Å². The predicted octanol–water partition coefficient (Wildman–Crippen LogP) is 2.20. The third-order valence-electron chi connectivity index (χ3n) is 0.678. The van der Waals surface area contributed by atoms with Crippen molar-refractivity contribution in [2.24, 2.45) is 0 Å². The lowest BCUT2D eigenvalue weighted by molar-refractivity contribution is 1.16. The van der Waals surface area contributed by atoms with Crippen LogP contribution in [-0.2, 0) is 0 Å². The molecule has 0 saturated carbocycles. The Morgan fingerprint density at radius 1 is 1.38 bits per heavy atom. The van der Waals surface area contributed by atoms with Gasteiger partial charge in [-0.3, -0.25) is 0 Å². The quantitative estimate of drug-likeness (QED) is 0.322. The van der Waals surface area contributed by atoms with E-state index in [-0.39, 0.29) is 23.1 Å². The van der Waals surface area contributed by atoms with Crippen LogP contribution in [0.5, 0.6) is 0 Å². The highest BCUT2D eigenvalue weighted by atomic mass is 35.5. The molecule has 0 aromatic carbocycles. The third kappa shape index (κ3) is 9.93. The lowest BCUT2D eigenvalue weighted by Gasteiger charge is -1.78. The summed E-state index contributed by atoms with van der Waals surface area (Å²) in [6.07, 6.45) is 6.36. The summed E-state index contributed by atoms with van der Waals surface area (Å²) in [5.41, 5.74) is 0. The molecule has 0 unspecified atom stereocenters. The molecule has 0 aromatic rings. The number of rotatable bonds is 3. The van der Waals surface area contributed by atoms with E-state index in [2.05, 4.69) is 19.1 Å². The number of hydrogen-bond acceptors (Lipinski definition) is 0. The van der Waals surface area contributed by atoms with E-state index in [1.807, 2.05) is 0 Å². The molecule has 0 aliphatic heterocycles. The van der Waals surface area contributed by atoms with Crippen LogP contribution >= 0.6 is 11.6 Å². The summed E-state index contributed by atoms with van der Waals surface area (Å²) in [4.78, 5) is 0. The first-order valence-electron chi connectivity index (χ1n) is 2.62. The third-order valence-corrected chi connectivity index (χ3v) is 0.896. The van der Waals surface area contributed by atoms with Gasteiger partial charge < -0.3 is 0 Å². The Kier molecular flexibility index (Phi) is 15.5. The van der Waals surface area contributed by atoms with E-state index in [4.69, 9.17) is 11.6 Å². The van der Waals surface area contributed by atoms with Crippen molar-refractivity contribution < 1.29 is 0 Å². The molecular weight excluding hydrogens is 132 g/mol. The highest BCUT2D eigenvalue weighted by molar-refractivity contribution is 6.17. The molecule has 44 valence electrons. The van der Waals surface area contributed by atoms with Crippen LogP contribution in [0.3, 0.4) is 0 Å². The largest absolute Gasteiger partial charge is 0.126 e. The molecular formula is C6H11ClMg. The van der Waals surface area contributed by atoms with Gasteiger partial charge in [0.15, 0.2) is 0 Å². The summed E-state index contributed by atoms with van der Waals surface area (Å²) in [6.45, 7) is 2.12. The summed E-state index contributed by atoms with van der Waals surface area (Å²) >= 11 is 5.39. The monoisotopic (exact) mass is 142 g/mol. The zero-order valence-corrected chi connectivity index (χ0v) is 7.53. The van der Waals surface area contributed by atoms with Crippen LogP contribution < -0.4 is 0 Å². The molecule has 0 aliphatic rings. The van der Waals surface area contributed by atoms with Crippen LogP contribution in [0.15, 0.2) is 12.2 Å². The molecule has 0 amide bonds. The van der Waals surface area contributed by atoms with Crippen molar-refractivity contribution in [1.82, 2.24) is 0 Å². The van der Waals surface area contributed by atoms with Gasteiger partial charge in [-0.05, 0) is 12.8 Å². The minimum Gasteiger partial charge on any atom is -0.126 e. The second kappa shape index (κ2) is 10.7. The average molecular weight is 143 g/mol. The Labute approximate surface area is 72.4 Å². The van der Waals surface area contributed by atoms with Gasteiger partial charge in [-0.25, -0.2) is 0 Å². The fourth-order valence-electron chi connectivity index (χ4n) is 0.348. The number of hydrogen-bond donors (Lipinski definition) is 0. The molecule has 0 heterocycles. The molecule has 0 rings (SSSR count). The van der Waals surface area contributed by atoms with E-state index < -0.39 is 0 Å². The van der Waals surface area contributed by atoms with Gasteiger partial charge in [0.25, 0.3) is 0 Å². The van der Waals surface area contributed by atoms with Crippen LogP contribution in [-0.4, -0.2) is 28.9 Å². The number of alkyl halides is 1. The maximum Gasteiger partial charge on any atom is 0.0257 e. The van der Waals surface area contributed by atoms with Crippen LogP contribution in [0.2, 0.25) is 0 Å². The zero-order chi connectivity index (χ0) is 5.54. The van der Waals surface area contributed by atoms with Crippen molar-refractivity contribution in [3.05, 3.63) is 12.2 Å². The van der Waals surface area contributed by atoms with Gasteiger partial charge in [0.05, 0.1) is 0 Å². The van der Waals surface area contributed by atoms with Crippen LogP contribution in [0, 0.1) is 0 Å². The molecule has 0 fully saturated rings. The fourth-order valence-corrected chi connectivity index (χ4v) is 0.474. The zero-order valence-electron chi connectivity index (χ0n) is 5.36. The predicted molar refractivity (Wildman–Crippen MR) is 40.5 cm³/mol. The van der Waals surface area contributed by atoms with Gasteiger partial charge in [0.2, 0.25) is 0 Å². The lowest BCUT2D eigenvalue weighted by Crippen LogP contribution is -1.64. The van der Waals surface area contributed by atoms with Crippen molar-refractivity contribution >= 4 is 34.7 Å². The first kappa shape index (κ1) is 11.6.